The molecule has 0 unspecified atom stereocenters. The van der Waals surface area contributed by atoms with Crippen LogP contribution in [0.1, 0.15) is 10.4 Å². The summed E-state index contributed by atoms with van der Waals surface area (Å²) < 4.78 is 17.4. The normalized spacial score (nSPS) is 10.1. The second kappa shape index (κ2) is 4.32. The Morgan fingerprint density at radius 1 is 1.50 bits per heavy atom. The van der Waals surface area contributed by atoms with Crippen LogP contribution in [-0.2, 0) is 0 Å². The lowest BCUT2D eigenvalue weighted by atomic mass is 10.3. The Bertz CT molecular complexity index is 514. The molecule has 1 aromatic heterocycles. The second-order valence-corrected chi connectivity index (χ2v) is 3.40. The van der Waals surface area contributed by atoms with Crippen LogP contribution in [0.5, 0.6) is 0 Å². The highest BCUT2D eigenvalue weighted by atomic mass is 35.5. The van der Waals surface area contributed by atoms with Crippen LogP contribution in [0, 0.1) is 5.82 Å². The van der Waals surface area contributed by atoms with E-state index >= 15 is 0 Å². The first-order valence-electron chi connectivity index (χ1n) is 4.32. The number of hydrogen-bond acceptors (Lipinski definition) is 3. The molecule has 1 N–H and O–H groups in total. The molecule has 0 spiro atoms. The molecule has 2 aromatic rings. The number of rotatable bonds is 2. The van der Waals surface area contributed by atoms with Gasteiger partial charge < -0.3 is 9.84 Å². The lowest BCUT2D eigenvalue weighted by Gasteiger charge is -2.03. The van der Waals surface area contributed by atoms with Gasteiger partial charge in [-0.15, -0.1) is 0 Å². The number of benzene rings is 1. The standard InChI is InChI=1S/C10H6ClFN2O2/c11-8-3-7(1-2-9(8)12)14-10(15)6-4-13-16-5-6/h1-5H,(H,14,15). The zero-order valence-electron chi connectivity index (χ0n) is 7.91. The van der Waals surface area contributed by atoms with Gasteiger partial charge in [0.2, 0.25) is 0 Å². The van der Waals surface area contributed by atoms with Crippen molar-refractivity contribution in [1.82, 2.24) is 5.16 Å². The van der Waals surface area contributed by atoms with Gasteiger partial charge >= 0.3 is 0 Å². The fraction of sp³-hybridized carbons (Fsp3) is 0. The molecule has 6 heteroatoms. The SMILES string of the molecule is O=C(Nc1ccc(F)c(Cl)c1)c1cnoc1. The fourth-order valence-corrected chi connectivity index (χ4v) is 1.27. The molecule has 1 heterocycles. The van der Waals surface area contributed by atoms with E-state index in [-0.39, 0.29) is 10.6 Å². The number of halogens is 2. The largest absolute Gasteiger partial charge is 0.364 e. The summed E-state index contributed by atoms with van der Waals surface area (Å²) in [6.45, 7) is 0. The van der Waals surface area contributed by atoms with Gasteiger partial charge in [-0.1, -0.05) is 16.8 Å². The van der Waals surface area contributed by atoms with Crippen LogP contribution < -0.4 is 5.32 Å². The van der Waals surface area contributed by atoms with Crippen LogP contribution in [0.2, 0.25) is 5.02 Å². The van der Waals surface area contributed by atoms with Crippen molar-refractivity contribution in [1.29, 1.82) is 0 Å². The molecule has 0 aliphatic rings. The number of carbonyl (C=O) groups is 1. The van der Waals surface area contributed by atoms with Crippen molar-refractivity contribution in [2.75, 3.05) is 5.32 Å². The maximum atomic E-state index is 12.8. The van der Waals surface area contributed by atoms with Gasteiger partial charge in [0.05, 0.1) is 16.8 Å². The highest BCUT2D eigenvalue weighted by Crippen LogP contribution is 2.19. The maximum Gasteiger partial charge on any atom is 0.260 e. The lowest BCUT2D eigenvalue weighted by Crippen LogP contribution is -2.10. The van der Waals surface area contributed by atoms with Crippen LogP contribution in [0.4, 0.5) is 10.1 Å². The third kappa shape index (κ3) is 2.20. The molecule has 4 nitrogen and oxygen atoms in total. The topological polar surface area (TPSA) is 55.1 Å². The third-order valence-corrected chi connectivity index (χ3v) is 2.16. The first kappa shape index (κ1) is 10.6. The molecule has 2 rings (SSSR count). The minimum absolute atomic E-state index is 0.0527. The first-order valence-corrected chi connectivity index (χ1v) is 4.70. The van der Waals surface area contributed by atoms with Crippen LogP contribution in [-0.4, -0.2) is 11.1 Å². The van der Waals surface area contributed by atoms with Crippen LogP contribution in [0.25, 0.3) is 0 Å². The molecule has 0 saturated carbocycles. The maximum absolute atomic E-state index is 12.8. The summed E-state index contributed by atoms with van der Waals surface area (Å²) in [5, 5.41) is 5.86. The molecule has 82 valence electrons. The molecule has 0 aliphatic carbocycles. The number of aromatic nitrogens is 1. The van der Waals surface area contributed by atoms with Gasteiger partial charge in [-0.05, 0) is 18.2 Å². The molecule has 0 fully saturated rings. The summed E-state index contributed by atoms with van der Waals surface area (Å²) in [4.78, 5) is 11.5. The minimum Gasteiger partial charge on any atom is -0.364 e. The molecule has 0 aliphatic heterocycles. The number of carbonyl (C=O) groups excluding carboxylic acids is 1. The smallest absolute Gasteiger partial charge is 0.260 e. The summed E-state index contributed by atoms with van der Waals surface area (Å²) in [5.41, 5.74) is 0.679. The molecule has 0 bridgehead atoms. The first-order chi connectivity index (χ1) is 7.66. The summed E-state index contributed by atoms with van der Waals surface area (Å²) >= 11 is 5.57. The van der Waals surface area contributed by atoms with Crippen molar-refractivity contribution in [2.45, 2.75) is 0 Å². The van der Waals surface area contributed by atoms with Gasteiger partial charge in [0.1, 0.15) is 12.1 Å². The van der Waals surface area contributed by atoms with Crippen molar-refractivity contribution in [2.24, 2.45) is 0 Å². The Hall–Kier alpha value is -1.88. The fourth-order valence-electron chi connectivity index (χ4n) is 1.09. The number of nitrogens with one attached hydrogen (secondary N) is 1. The Kier molecular flexibility index (Phi) is 2.87. The molecule has 1 aromatic carbocycles. The Balaban J connectivity index is 2.15. The summed E-state index contributed by atoms with van der Waals surface area (Å²) in [6.07, 6.45) is 2.49. The van der Waals surface area contributed by atoms with Crippen molar-refractivity contribution in [3.05, 3.63) is 47.1 Å². The summed E-state index contributed by atoms with van der Waals surface area (Å²) in [6, 6.07) is 3.90. The van der Waals surface area contributed by atoms with Crippen molar-refractivity contribution < 1.29 is 13.7 Å². The summed E-state index contributed by atoms with van der Waals surface area (Å²) in [5.74, 6) is -0.937. The predicted octanol–water partition coefficient (Wildman–Crippen LogP) is 2.72. The molecule has 0 radical (unpaired) electrons. The number of amides is 1. The third-order valence-electron chi connectivity index (χ3n) is 1.87. The van der Waals surface area contributed by atoms with Crippen molar-refractivity contribution in [3.8, 4) is 0 Å². The Morgan fingerprint density at radius 3 is 2.94 bits per heavy atom. The number of hydrogen-bond donors (Lipinski definition) is 1. The molecule has 0 saturated heterocycles. The van der Waals surface area contributed by atoms with E-state index in [1.165, 1.54) is 30.7 Å². The zero-order valence-corrected chi connectivity index (χ0v) is 8.66. The van der Waals surface area contributed by atoms with Crippen molar-refractivity contribution in [3.63, 3.8) is 0 Å². The lowest BCUT2D eigenvalue weighted by molar-refractivity contribution is 0.102. The molecular formula is C10H6ClFN2O2. The van der Waals surface area contributed by atoms with E-state index < -0.39 is 11.7 Å². The minimum atomic E-state index is -0.537. The quantitative estimate of drug-likeness (QED) is 0.878. The number of nitrogens with zero attached hydrogens (tertiary/aromatic N) is 1. The second-order valence-electron chi connectivity index (χ2n) is 3.00. The van der Waals surface area contributed by atoms with Gasteiger partial charge in [0.25, 0.3) is 5.91 Å². The van der Waals surface area contributed by atoms with E-state index in [9.17, 15) is 9.18 Å². The molecular weight excluding hydrogens is 235 g/mol. The molecule has 0 atom stereocenters. The van der Waals surface area contributed by atoms with Gasteiger partial charge in [-0.3, -0.25) is 4.79 Å². The van der Waals surface area contributed by atoms with Gasteiger partial charge in [0.15, 0.2) is 0 Å². The Labute approximate surface area is 95.0 Å². The monoisotopic (exact) mass is 240 g/mol. The van der Waals surface area contributed by atoms with E-state index in [2.05, 4.69) is 15.0 Å². The van der Waals surface area contributed by atoms with E-state index in [1.807, 2.05) is 0 Å². The average Bonchev–Trinajstić information content (AvgIpc) is 2.77. The molecule has 16 heavy (non-hydrogen) atoms. The van der Waals surface area contributed by atoms with Crippen LogP contribution in [0.15, 0.2) is 35.2 Å². The van der Waals surface area contributed by atoms with Crippen LogP contribution in [0.3, 0.4) is 0 Å². The van der Waals surface area contributed by atoms with Gasteiger partial charge in [-0.2, -0.15) is 0 Å². The highest BCUT2D eigenvalue weighted by Gasteiger charge is 2.09. The highest BCUT2D eigenvalue weighted by molar-refractivity contribution is 6.31. The van der Waals surface area contributed by atoms with Crippen molar-refractivity contribution >= 4 is 23.2 Å². The van der Waals surface area contributed by atoms with E-state index in [1.54, 1.807) is 0 Å². The van der Waals surface area contributed by atoms with Crippen LogP contribution >= 0.6 is 11.6 Å². The molecule has 1 amide bonds. The Morgan fingerprint density at radius 2 is 2.31 bits per heavy atom. The zero-order chi connectivity index (χ0) is 11.5. The summed E-state index contributed by atoms with van der Waals surface area (Å²) in [7, 11) is 0. The van der Waals surface area contributed by atoms with Gasteiger partial charge in [-0.25, -0.2) is 4.39 Å². The number of anilines is 1. The predicted molar refractivity (Wildman–Crippen MR) is 55.9 cm³/mol. The average molecular weight is 241 g/mol. The van der Waals surface area contributed by atoms with E-state index in [0.29, 0.717) is 5.69 Å². The van der Waals surface area contributed by atoms with E-state index in [4.69, 9.17) is 11.6 Å². The van der Waals surface area contributed by atoms with E-state index in [0.717, 1.165) is 0 Å². The van der Waals surface area contributed by atoms with Gasteiger partial charge in [0, 0.05) is 5.69 Å².